The van der Waals surface area contributed by atoms with E-state index in [2.05, 4.69) is 74.8 Å². The molecule has 0 bridgehead atoms. The van der Waals surface area contributed by atoms with Crippen LogP contribution in [0.15, 0.2) is 24.3 Å². The van der Waals surface area contributed by atoms with Crippen LogP contribution >= 0.6 is 15.9 Å². The number of fused-ring (bicyclic) bond motifs is 1. The van der Waals surface area contributed by atoms with Crippen molar-refractivity contribution in [2.75, 3.05) is 5.33 Å². The van der Waals surface area contributed by atoms with Crippen molar-refractivity contribution in [2.45, 2.75) is 58.3 Å². The fourth-order valence-electron chi connectivity index (χ4n) is 3.07. The Morgan fingerprint density at radius 3 is 2.26 bits per heavy atom. The summed E-state index contributed by atoms with van der Waals surface area (Å²) < 4.78 is 0. The molecule has 0 nitrogen and oxygen atoms in total. The first kappa shape index (κ1) is 14.8. The van der Waals surface area contributed by atoms with Crippen LogP contribution in [0.3, 0.4) is 0 Å². The van der Waals surface area contributed by atoms with Crippen molar-refractivity contribution in [1.29, 1.82) is 0 Å². The molecule has 104 valence electrons. The Labute approximate surface area is 126 Å². The summed E-state index contributed by atoms with van der Waals surface area (Å²) in [5.41, 5.74) is 6.43. The molecule has 0 aliphatic heterocycles. The average Bonchev–Trinajstić information content (AvgIpc) is 2.35. The lowest BCUT2D eigenvalue weighted by Gasteiger charge is -2.42. The summed E-state index contributed by atoms with van der Waals surface area (Å²) in [5.74, 6) is 0. The second kappa shape index (κ2) is 5.09. The van der Waals surface area contributed by atoms with E-state index in [0.29, 0.717) is 10.8 Å². The molecule has 1 aliphatic rings. The van der Waals surface area contributed by atoms with Crippen molar-refractivity contribution in [2.24, 2.45) is 0 Å². The maximum atomic E-state index is 3.49. The number of benzene rings is 1. The van der Waals surface area contributed by atoms with Crippen LogP contribution in [-0.4, -0.2) is 5.33 Å². The monoisotopic (exact) mass is 320 g/mol. The van der Waals surface area contributed by atoms with Crippen LogP contribution in [0.25, 0.3) is 5.57 Å². The molecule has 0 aromatic heterocycles. The van der Waals surface area contributed by atoms with Crippen molar-refractivity contribution in [1.82, 2.24) is 0 Å². The standard InChI is InChI=1S/C18H25Br/c1-13(8-11-19)14-6-7-15-16(12-14)18(4,5)10-9-17(15,2)3/h6-8,12H,9-11H2,1-5H3/b13-8+. The topological polar surface area (TPSA) is 0 Å². The Morgan fingerprint density at radius 2 is 1.68 bits per heavy atom. The van der Waals surface area contributed by atoms with E-state index in [0.717, 1.165) is 5.33 Å². The average molecular weight is 321 g/mol. The van der Waals surface area contributed by atoms with Crippen molar-refractivity contribution >= 4 is 21.5 Å². The number of rotatable bonds is 2. The molecule has 1 aromatic carbocycles. The maximum absolute atomic E-state index is 3.49. The van der Waals surface area contributed by atoms with Gasteiger partial charge in [-0.3, -0.25) is 0 Å². The molecule has 0 N–H and O–H groups in total. The number of halogens is 1. The maximum Gasteiger partial charge on any atom is 0.0217 e. The number of hydrogen-bond donors (Lipinski definition) is 0. The van der Waals surface area contributed by atoms with Crippen LogP contribution < -0.4 is 0 Å². The summed E-state index contributed by atoms with van der Waals surface area (Å²) in [6.45, 7) is 11.7. The minimum Gasteiger partial charge on any atom is -0.0883 e. The quantitative estimate of drug-likeness (QED) is 0.601. The molecule has 0 fully saturated rings. The SMILES string of the molecule is C/C(=C\CBr)c1ccc2c(c1)C(C)(C)CCC2(C)C. The van der Waals surface area contributed by atoms with E-state index in [1.54, 1.807) is 11.1 Å². The van der Waals surface area contributed by atoms with E-state index in [1.165, 1.54) is 24.0 Å². The molecule has 0 radical (unpaired) electrons. The first-order valence-corrected chi connectivity index (χ1v) is 8.28. The van der Waals surface area contributed by atoms with E-state index in [9.17, 15) is 0 Å². The highest BCUT2D eigenvalue weighted by atomic mass is 79.9. The van der Waals surface area contributed by atoms with Gasteiger partial charge in [-0.25, -0.2) is 0 Å². The van der Waals surface area contributed by atoms with E-state index in [1.807, 2.05) is 0 Å². The Bertz CT molecular complexity index is 506. The first-order chi connectivity index (χ1) is 8.78. The van der Waals surface area contributed by atoms with Gasteiger partial charge in [0.25, 0.3) is 0 Å². The Morgan fingerprint density at radius 1 is 1.11 bits per heavy atom. The molecule has 1 aliphatic carbocycles. The molecule has 1 heteroatoms. The zero-order valence-corrected chi connectivity index (χ0v) is 14.4. The van der Waals surface area contributed by atoms with Gasteiger partial charge in [0.2, 0.25) is 0 Å². The Hall–Kier alpha value is -0.560. The van der Waals surface area contributed by atoms with Gasteiger partial charge in [0.05, 0.1) is 0 Å². The minimum atomic E-state index is 0.301. The first-order valence-electron chi connectivity index (χ1n) is 7.16. The lowest BCUT2D eigenvalue weighted by atomic mass is 9.63. The molecule has 1 aromatic rings. The molecule has 0 saturated carbocycles. The summed E-state index contributed by atoms with van der Waals surface area (Å²) in [4.78, 5) is 0. The largest absolute Gasteiger partial charge is 0.0883 e. The van der Waals surface area contributed by atoms with Gasteiger partial charge in [0.15, 0.2) is 0 Å². The van der Waals surface area contributed by atoms with Gasteiger partial charge in [0, 0.05) is 5.33 Å². The molecule has 0 atom stereocenters. The zero-order valence-electron chi connectivity index (χ0n) is 12.8. The second-order valence-electron chi connectivity index (χ2n) is 7.07. The van der Waals surface area contributed by atoms with Crippen LogP contribution in [0.4, 0.5) is 0 Å². The van der Waals surface area contributed by atoms with E-state index in [4.69, 9.17) is 0 Å². The Balaban J connectivity index is 2.57. The third kappa shape index (κ3) is 2.81. The van der Waals surface area contributed by atoms with Gasteiger partial charge >= 0.3 is 0 Å². The van der Waals surface area contributed by atoms with Crippen molar-refractivity contribution in [3.05, 3.63) is 41.0 Å². The van der Waals surface area contributed by atoms with Gasteiger partial charge in [-0.05, 0) is 52.9 Å². The highest BCUT2D eigenvalue weighted by Gasteiger charge is 2.36. The van der Waals surface area contributed by atoms with Crippen molar-refractivity contribution < 1.29 is 0 Å². The summed E-state index contributed by atoms with van der Waals surface area (Å²) in [6, 6.07) is 7.07. The fourth-order valence-corrected chi connectivity index (χ4v) is 3.55. The smallest absolute Gasteiger partial charge is 0.0217 e. The molecular weight excluding hydrogens is 296 g/mol. The predicted molar refractivity (Wildman–Crippen MR) is 89.2 cm³/mol. The third-order valence-corrected chi connectivity index (χ3v) is 5.02. The summed E-state index contributed by atoms with van der Waals surface area (Å²) in [7, 11) is 0. The molecule has 0 spiro atoms. The van der Waals surface area contributed by atoms with Gasteiger partial charge in [-0.2, -0.15) is 0 Å². The van der Waals surface area contributed by atoms with Crippen molar-refractivity contribution in [3.8, 4) is 0 Å². The molecular formula is C18H25Br. The number of hydrogen-bond acceptors (Lipinski definition) is 0. The Kier molecular flexibility index (Phi) is 3.97. The minimum absolute atomic E-state index is 0.301. The molecule has 0 heterocycles. The van der Waals surface area contributed by atoms with Gasteiger partial charge in [0.1, 0.15) is 0 Å². The number of alkyl halides is 1. The molecule has 0 amide bonds. The van der Waals surface area contributed by atoms with Crippen LogP contribution in [0, 0.1) is 0 Å². The van der Waals surface area contributed by atoms with Gasteiger partial charge in [-0.1, -0.05) is 67.9 Å². The van der Waals surface area contributed by atoms with Crippen LogP contribution in [0.5, 0.6) is 0 Å². The van der Waals surface area contributed by atoms with E-state index < -0.39 is 0 Å². The normalized spacial score (nSPS) is 21.1. The van der Waals surface area contributed by atoms with E-state index in [-0.39, 0.29) is 0 Å². The number of allylic oxidation sites excluding steroid dienone is 2. The highest BCUT2D eigenvalue weighted by molar-refractivity contribution is 9.09. The highest BCUT2D eigenvalue weighted by Crippen LogP contribution is 2.46. The van der Waals surface area contributed by atoms with Crippen LogP contribution in [-0.2, 0) is 10.8 Å². The van der Waals surface area contributed by atoms with Gasteiger partial charge in [-0.15, -0.1) is 0 Å². The summed E-state index contributed by atoms with van der Waals surface area (Å²) >= 11 is 3.49. The summed E-state index contributed by atoms with van der Waals surface area (Å²) in [5, 5.41) is 0.921. The molecule has 19 heavy (non-hydrogen) atoms. The summed E-state index contributed by atoms with van der Waals surface area (Å²) in [6.07, 6.45) is 4.79. The van der Waals surface area contributed by atoms with Crippen molar-refractivity contribution in [3.63, 3.8) is 0 Å². The van der Waals surface area contributed by atoms with Crippen LogP contribution in [0.2, 0.25) is 0 Å². The third-order valence-electron chi connectivity index (χ3n) is 4.69. The molecule has 0 saturated heterocycles. The zero-order chi connectivity index (χ0) is 14.3. The molecule has 0 unspecified atom stereocenters. The van der Waals surface area contributed by atoms with E-state index >= 15 is 0 Å². The predicted octanol–water partition coefficient (Wildman–Crippen LogP) is 5.83. The van der Waals surface area contributed by atoms with Crippen LogP contribution in [0.1, 0.15) is 64.2 Å². The second-order valence-corrected chi connectivity index (χ2v) is 7.72. The lowest BCUT2D eigenvalue weighted by molar-refractivity contribution is 0.332. The molecule has 2 rings (SSSR count). The van der Waals surface area contributed by atoms with Gasteiger partial charge < -0.3 is 0 Å². The fraction of sp³-hybridized carbons (Fsp3) is 0.556. The lowest BCUT2D eigenvalue weighted by Crippen LogP contribution is -2.33.